The molecule has 2 heterocycles. The topological polar surface area (TPSA) is 120 Å². The number of anilines is 1. The Kier molecular flexibility index (Phi) is 5.39. The number of rotatable bonds is 4. The van der Waals surface area contributed by atoms with Crippen molar-refractivity contribution in [2.75, 3.05) is 5.01 Å². The molecule has 2 amide bonds. The molecule has 1 aliphatic heterocycles. The van der Waals surface area contributed by atoms with Crippen molar-refractivity contribution in [1.29, 1.82) is 5.26 Å². The van der Waals surface area contributed by atoms with Crippen LogP contribution in [0.25, 0.3) is 0 Å². The molecule has 2 aliphatic rings. The standard InChI is InChI=1S/C19H15Cl2N5O4/c20-13-6-11(26-19(29)23-18(28)15(8-22)24-26)7-14(21)17(13)30-12-4-5-16(27)25(9-12)10-2-1-3-10/h4-7,9-10,18,28H,1-3H2,(H,23,29). The average Bonchev–Trinajstić information content (AvgIpc) is 2.65. The Morgan fingerprint density at radius 3 is 2.53 bits per heavy atom. The van der Waals surface area contributed by atoms with Gasteiger partial charge in [-0.1, -0.05) is 23.2 Å². The summed E-state index contributed by atoms with van der Waals surface area (Å²) in [7, 11) is 0. The van der Waals surface area contributed by atoms with Gasteiger partial charge < -0.3 is 19.7 Å². The van der Waals surface area contributed by atoms with Crippen LogP contribution in [0.5, 0.6) is 11.5 Å². The van der Waals surface area contributed by atoms with Crippen LogP contribution in [-0.2, 0) is 0 Å². The summed E-state index contributed by atoms with van der Waals surface area (Å²) in [5.74, 6) is 0.532. The maximum Gasteiger partial charge on any atom is 0.344 e. The Balaban J connectivity index is 1.64. The van der Waals surface area contributed by atoms with Gasteiger partial charge in [0.2, 0.25) is 0 Å². The number of carbonyl (C=O) groups excluding carboxylic acids is 1. The highest BCUT2D eigenvalue weighted by Gasteiger charge is 2.29. The molecule has 0 radical (unpaired) electrons. The van der Waals surface area contributed by atoms with Crippen molar-refractivity contribution in [2.24, 2.45) is 5.10 Å². The summed E-state index contributed by atoms with van der Waals surface area (Å²) in [6, 6.07) is 6.84. The molecule has 1 aromatic carbocycles. The molecule has 1 aliphatic carbocycles. The second-order valence-corrected chi connectivity index (χ2v) is 7.61. The van der Waals surface area contributed by atoms with E-state index in [0.717, 1.165) is 24.3 Å². The van der Waals surface area contributed by atoms with E-state index < -0.39 is 12.3 Å². The molecule has 2 aromatic rings. The minimum Gasteiger partial charge on any atom is -0.453 e. The van der Waals surface area contributed by atoms with E-state index in [1.165, 1.54) is 24.3 Å². The third-order valence-corrected chi connectivity index (χ3v) is 5.42. The third kappa shape index (κ3) is 3.73. The van der Waals surface area contributed by atoms with E-state index in [9.17, 15) is 14.7 Å². The van der Waals surface area contributed by atoms with Crippen LogP contribution >= 0.6 is 23.2 Å². The van der Waals surface area contributed by atoms with Gasteiger partial charge in [-0.15, -0.1) is 0 Å². The first kappa shape index (κ1) is 20.2. The van der Waals surface area contributed by atoms with E-state index in [1.807, 2.05) is 0 Å². The summed E-state index contributed by atoms with van der Waals surface area (Å²) in [5.41, 5.74) is -0.224. The van der Waals surface area contributed by atoms with Gasteiger partial charge in [0, 0.05) is 12.1 Å². The number of nitrogens with zero attached hydrogens (tertiary/aromatic N) is 4. The van der Waals surface area contributed by atoms with Crippen LogP contribution in [0.3, 0.4) is 0 Å². The predicted molar refractivity (Wildman–Crippen MR) is 110 cm³/mol. The maximum absolute atomic E-state index is 12.1. The van der Waals surface area contributed by atoms with Crippen LogP contribution < -0.4 is 20.6 Å². The fourth-order valence-corrected chi connectivity index (χ4v) is 3.64. The predicted octanol–water partition coefficient (Wildman–Crippen LogP) is 3.40. The van der Waals surface area contributed by atoms with Crippen LogP contribution in [0, 0.1) is 11.3 Å². The lowest BCUT2D eigenvalue weighted by atomic mass is 9.93. The van der Waals surface area contributed by atoms with Crippen molar-refractivity contribution in [2.45, 2.75) is 31.5 Å². The zero-order valence-electron chi connectivity index (χ0n) is 15.4. The van der Waals surface area contributed by atoms with Gasteiger partial charge in [-0.05, 0) is 37.5 Å². The number of halogens is 2. The van der Waals surface area contributed by atoms with Crippen molar-refractivity contribution in [3.63, 3.8) is 0 Å². The number of aliphatic hydroxyl groups excluding tert-OH is 1. The van der Waals surface area contributed by atoms with Gasteiger partial charge in [0.25, 0.3) is 5.56 Å². The van der Waals surface area contributed by atoms with E-state index >= 15 is 0 Å². The second-order valence-electron chi connectivity index (χ2n) is 6.80. The van der Waals surface area contributed by atoms with Crippen molar-refractivity contribution in [3.8, 4) is 17.6 Å². The lowest BCUT2D eigenvalue weighted by Gasteiger charge is -2.28. The Labute approximate surface area is 180 Å². The van der Waals surface area contributed by atoms with E-state index in [4.69, 9.17) is 33.2 Å². The zero-order valence-corrected chi connectivity index (χ0v) is 16.9. The minimum absolute atomic E-state index is 0.0894. The summed E-state index contributed by atoms with van der Waals surface area (Å²) < 4.78 is 7.45. The number of pyridine rings is 1. The molecule has 30 heavy (non-hydrogen) atoms. The van der Waals surface area contributed by atoms with Gasteiger partial charge in [0.1, 0.15) is 11.8 Å². The Morgan fingerprint density at radius 2 is 1.93 bits per heavy atom. The fourth-order valence-electron chi connectivity index (χ4n) is 3.09. The molecule has 11 heteroatoms. The van der Waals surface area contributed by atoms with Crippen LogP contribution in [0.15, 0.2) is 40.4 Å². The van der Waals surface area contributed by atoms with Crippen LogP contribution in [0.2, 0.25) is 10.0 Å². The van der Waals surface area contributed by atoms with E-state index in [0.29, 0.717) is 5.75 Å². The number of hydrogen-bond acceptors (Lipinski definition) is 6. The van der Waals surface area contributed by atoms with Gasteiger partial charge >= 0.3 is 6.03 Å². The number of nitrogens with one attached hydrogen (secondary N) is 1. The molecular formula is C19H15Cl2N5O4. The molecule has 1 atom stereocenters. The fraction of sp³-hybridized carbons (Fsp3) is 0.263. The smallest absolute Gasteiger partial charge is 0.344 e. The van der Waals surface area contributed by atoms with E-state index in [2.05, 4.69) is 10.4 Å². The normalized spacial score (nSPS) is 18.9. The highest BCUT2D eigenvalue weighted by atomic mass is 35.5. The first-order chi connectivity index (χ1) is 14.4. The SMILES string of the molecule is N#CC1=NN(c2cc(Cl)c(Oc3ccc(=O)n(C4CCC4)c3)c(Cl)c2)C(=O)NC1O. The first-order valence-electron chi connectivity index (χ1n) is 9.03. The number of aliphatic hydroxyl groups is 1. The quantitative estimate of drug-likeness (QED) is 0.743. The van der Waals surface area contributed by atoms with Gasteiger partial charge in [0.05, 0.1) is 21.9 Å². The third-order valence-electron chi connectivity index (χ3n) is 4.86. The van der Waals surface area contributed by atoms with Gasteiger partial charge in [-0.2, -0.15) is 15.4 Å². The number of hydrogen-bond donors (Lipinski definition) is 2. The summed E-state index contributed by atoms with van der Waals surface area (Å²) in [4.78, 5) is 24.2. The van der Waals surface area contributed by atoms with Crippen molar-refractivity contribution in [1.82, 2.24) is 9.88 Å². The number of amides is 2. The molecule has 0 bridgehead atoms. The molecule has 4 rings (SSSR count). The number of hydrazone groups is 1. The summed E-state index contributed by atoms with van der Waals surface area (Å²) >= 11 is 12.6. The van der Waals surface area contributed by atoms with Gasteiger partial charge in [0.15, 0.2) is 17.7 Å². The van der Waals surface area contributed by atoms with E-state index in [1.54, 1.807) is 16.8 Å². The number of benzene rings is 1. The molecular weight excluding hydrogens is 433 g/mol. The van der Waals surface area contributed by atoms with Crippen molar-refractivity contribution in [3.05, 3.63) is 50.9 Å². The molecule has 0 saturated heterocycles. The number of aromatic nitrogens is 1. The average molecular weight is 448 g/mol. The molecule has 0 spiro atoms. The molecule has 154 valence electrons. The van der Waals surface area contributed by atoms with Gasteiger partial charge in [-0.3, -0.25) is 4.79 Å². The van der Waals surface area contributed by atoms with Crippen LogP contribution in [-0.4, -0.2) is 27.6 Å². The molecule has 1 saturated carbocycles. The second kappa shape index (κ2) is 7.99. The summed E-state index contributed by atoms with van der Waals surface area (Å²) in [6.45, 7) is 0. The van der Waals surface area contributed by atoms with E-state index in [-0.39, 0.29) is 38.8 Å². The monoisotopic (exact) mass is 447 g/mol. The molecule has 1 aromatic heterocycles. The molecule has 9 nitrogen and oxygen atoms in total. The van der Waals surface area contributed by atoms with Crippen molar-refractivity contribution >= 4 is 40.6 Å². The molecule has 2 N–H and O–H groups in total. The highest BCUT2D eigenvalue weighted by molar-refractivity contribution is 6.37. The minimum atomic E-state index is -1.49. The number of carbonyl (C=O) groups is 1. The lowest BCUT2D eigenvalue weighted by Crippen LogP contribution is -2.51. The van der Waals surface area contributed by atoms with Crippen LogP contribution in [0.1, 0.15) is 25.3 Å². The maximum atomic E-state index is 12.1. The first-order valence-corrected chi connectivity index (χ1v) is 9.79. The molecule has 1 fully saturated rings. The van der Waals surface area contributed by atoms with Gasteiger partial charge in [-0.25, -0.2) is 4.79 Å². The molecule has 1 unspecified atom stereocenters. The lowest BCUT2D eigenvalue weighted by molar-refractivity contribution is 0.190. The Bertz CT molecular complexity index is 1130. The Morgan fingerprint density at radius 1 is 1.23 bits per heavy atom. The Hall–Kier alpha value is -3.06. The highest BCUT2D eigenvalue weighted by Crippen LogP contribution is 2.40. The van der Waals surface area contributed by atoms with Crippen molar-refractivity contribution < 1.29 is 14.6 Å². The number of nitriles is 1. The summed E-state index contributed by atoms with van der Waals surface area (Å²) in [5, 5.41) is 25.7. The number of urea groups is 1. The van der Waals surface area contributed by atoms with Crippen LogP contribution in [0.4, 0.5) is 10.5 Å². The largest absolute Gasteiger partial charge is 0.453 e. The zero-order chi connectivity index (χ0) is 21.4. The number of ether oxygens (including phenoxy) is 1. The summed E-state index contributed by atoms with van der Waals surface area (Å²) in [6.07, 6.45) is 3.10.